The first-order chi connectivity index (χ1) is 8.05. The molecule has 1 heterocycles. The van der Waals surface area contributed by atoms with Crippen LogP contribution in [-0.2, 0) is 14.3 Å². The van der Waals surface area contributed by atoms with Gasteiger partial charge in [-0.25, -0.2) is 0 Å². The van der Waals surface area contributed by atoms with Crippen LogP contribution in [0.15, 0.2) is 0 Å². The lowest BCUT2D eigenvalue weighted by Crippen LogP contribution is -2.51. The van der Waals surface area contributed by atoms with Crippen molar-refractivity contribution in [2.24, 2.45) is 11.1 Å². The summed E-state index contributed by atoms with van der Waals surface area (Å²) in [6.45, 7) is 1.47. The highest BCUT2D eigenvalue weighted by atomic mass is 16.5. The molecule has 6 heteroatoms. The molecule has 1 aliphatic heterocycles. The van der Waals surface area contributed by atoms with Crippen molar-refractivity contribution < 1.29 is 14.3 Å². The quantitative estimate of drug-likeness (QED) is 0.659. The maximum atomic E-state index is 12.3. The lowest BCUT2D eigenvalue weighted by Gasteiger charge is -2.37. The molecule has 0 aliphatic carbocycles. The van der Waals surface area contributed by atoms with Crippen molar-refractivity contribution in [3.63, 3.8) is 0 Å². The normalized spacial score (nSPS) is 18.5. The van der Waals surface area contributed by atoms with Gasteiger partial charge in [-0.3, -0.25) is 9.59 Å². The molecule has 1 saturated heterocycles. The third-order valence-electron chi connectivity index (χ3n) is 3.30. The molecular weight excluding hydrogens is 222 g/mol. The zero-order valence-corrected chi connectivity index (χ0v) is 10.5. The van der Waals surface area contributed by atoms with Crippen LogP contribution < -0.4 is 11.1 Å². The first-order valence-corrected chi connectivity index (χ1v) is 5.80. The second-order valence-electron chi connectivity index (χ2n) is 4.43. The molecule has 17 heavy (non-hydrogen) atoms. The fraction of sp³-hybridized carbons (Fsp3) is 0.818. The van der Waals surface area contributed by atoms with Gasteiger partial charge in [0.05, 0.1) is 12.0 Å². The summed E-state index contributed by atoms with van der Waals surface area (Å²) in [6.07, 6.45) is 1.25. The number of nitrogens with zero attached hydrogens (tertiary/aromatic N) is 1. The van der Waals surface area contributed by atoms with E-state index in [9.17, 15) is 9.59 Å². The molecule has 3 N–H and O–H groups in total. The summed E-state index contributed by atoms with van der Waals surface area (Å²) < 4.78 is 5.25. The van der Waals surface area contributed by atoms with Gasteiger partial charge in [0, 0.05) is 33.9 Å². The van der Waals surface area contributed by atoms with E-state index in [0.29, 0.717) is 32.6 Å². The van der Waals surface area contributed by atoms with Crippen molar-refractivity contribution in [2.45, 2.75) is 12.8 Å². The zero-order valence-electron chi connectivity index (χ0n) is 10.5. The number of amides is 2. The van der Waals surface area contributed by atoms with Crippen molar-refractivity contribution in [3.8, 4) is 0 Å². The molecule has 0 aromatic carbocycles. The molecule has 0 aromatic heterocycles. The molecule has 1 fully saturated rings. The van der Waals surface area contributed by atoms with Crippen LogP contribution in [0.1, 0.15) is 12.8 Å². The van der Waals surface area contributed by atoms with Crippen molar-refractivity contribution in [1.82, 2.24) is 10.2 Å². The number of ether oxygens (including phenoxy) is 1. The van der Waals surface area contributed by atoms with Crippen LogP contribution in [-0.4, -0.2) is 57.1 Å². The Morgan fingerprint density at radius 2 is 2.00 bits per heavy atom. The molecular formula is C11H21N3O3. The predicted octanol–water partition coefficient (Wildman–Crippen LogP) is -1.05. The lowest BCUT2D eigenvalue weighted by molar-refractivity contribution is -0.147. The van der Waals surface area contributed by atoms with E-state index in [1.54, 1.807) is 14.1 Å². The van der Waals surface area contributed by atoms with Crippen LogP contribution in [0.4, 0.5) is 0 Å². The topological polar surface area (TPSA) is 84.7 Å². The van der Waals surface area contributed by atoms with Gasteiger partial charge in [-0.15, -0.1) is 0 Å². The Morgan fingerprint density at radius 3 is 2.47 bits per heavy atom. The van der Waals surface area contributed by atoms with Gasteiger partial charge >= 0.3 is 0 Å². The van der Waals surface area contributed by atoms with Crippen molar-refractivity contribution in [3.05, 3.63) is 0 Å². The minimum atomic E-state index is -0.555. The average Bonchev–Trinajstić information content (AvgIpc) is 2.38. The van der Waals surface area contributed by atoms with Crippen molar-refractivity contribution in [2.75, 3.05) is 40.4 Å². The second-order valence-corrected chi connectivity index (χ2v) is 4.43. The van der Waals surface area contributed by atoms with Gasteiger partial charge in [0.15, 0.2) is 0 Å². The molecule has 98 valence electrons. The van der Waals surface area contributed by atoms with Crippen molar-refractivity contribution in [1.29, 1.82) is 0 Å². The van der Waals surface area contributed by atoms with Gasteiger partial charge in [0.2, 0.25) is 11.8 Å². The van der Waals surface area contributed by atoms with E-state index in [0.717, 1.165) is 0 Å². The van der Waals surface area contributed by atoms with Gasteiger partial charge in [0.25, 0.3) is 0 Å². The number of carbonyl (C=O) groups excluding carboxylic acids is 2. The molecule has 0 radical (unpaired) electrons. The number of hydrogen-bond donors (Lipinski definition) is 2. The minimum absolute atomic E-state index is 0.0631. The predicted molar refractivity (Wildman–Crippen MR) is 63.2 cm³/mol. The highest BCUT2D eigenvalue weighted by Crippen LogP contribution is 2.31. The summed E-state index contributed by atoms with van der Waals surface area (Å²) in [4.78, 5) is 25.0. The summed E-state index contributed by atoms with van der Waals surface area (Å²) in [5.41, 5.74) is 5.18. The molecule has 0 unspecified atom stereocenters. The molecule has 0 spiro atoms. The number of likely N-dealkylation sites (N-methyl/N-ethyl adjacent to an activating group) is 2. The van der Waals surface area contributed by atoms with E-state index >= 15 is 0 Å². The summed E-state index contributed by atoms with van der Waals surface area (Å²) in [5, 5.41) is 2.50. The van der Waals surface area contributed by atoms with Crippen LogP contribution in [0, 0.1) is 5.41 Å². The fourth-order valence-electron chi connectivity index (χ4n) is 2.04. The molecule has 0 aromatic rings. The number of rotatable bonds is 4. The first kappa shape index (κ1) is 13.9. The van der Waals surface area contributed by atoms with E-state index in [4.69, 9.17) is 10.5 Å². The lowest BCUT2D eigenvalue weighted by atomic mass is 9.79. The zero-order chi connectivity index (χ0) is 12.9. The van der Waals surface area contributed by atoms with Crippen LogP contribution in [0.25, 0.3) is 0 Å². The first-order valence-electron chi connectivity index (χ1n) is 5.80. The van der Waals surface area contributed by atoms with Gasteiger partial charge in [-0.05, 0) is 12.8 Å². The largest absolute Gasteiger partial charge is 0.381 e. The van der Waals surface area contributed by atoms with Crippen LogP contribution >= 0.6 is 0 Å². The van der Waals surface area contributed by atoms with Crippen LogP contribution in [0.2, 0.25) is 0 Å². The van der Waals surface area contributed by atoms with Crippen LogP contribution in [0.3, 0.4) is 0 Å². The maximum Gasteiger partial charge on any atom is 0.239 e. The second kappa shape index (κ2) is 5.97. The standard InChI is InChI=1S/C11H21N3O3/c1-13-9(15)7-14(2)10(16)11(8-12)3-5-17-6-4-11/h3-8,12H2,1-2H3,(H,13,15). The summed E-state index contributed by atoms with van der Waals surface area (Å²) >= 11 is 0. The summed E-state index contributed by atoms with van der Waals surface area (Å²) in [6, 6.07) is 0. The van der Waals surface area contributed by atoms with E-state index in [1.807, 2.05) is 0 Å². The molecule has 1 aliphatic rings. The van der Waals surface area contributed by atoms with Gasteiger partial charge < -0.3 is 20.7 Å². The third kappa shape index (κ3) is 3.17. The Morgan fingerprint density at radius 1 is 1.41 bits per heavy atom. The SMILES string of the molecule is CNC(=O)CN(C)C(=O)C1(CN)CCOCC1. The highest BCUT2D eigenvalue weighted by Gasteiger charge is 2.40. The van der Waals surface area contributed by atoms with E-state index in [-0.39, 0.29) is 18.4 Å². The van der Waals surface area contributed by atoms with Gasteiger partial charge in [-0.2, -0.15) is 0 Å². The Hall–Kier alpha value is -1.14. The van der Waals surface area contributed by atoms with Gasteiger partial charge in [-0.1, -0.05) is 0 Å². The summed E-state index contributed by atoms with van der Waals surface area (Å²) in [5.74, 6) is -0.244. The van der Waals surface area contributed by atoms with Crippen molar-refractivity contribution >= 4 is 11.8 Å². The number of carbonyl (C=O) groups is 2. The highest BCUT2D eigenvalue weighted by molar-refractivity contribution is 5.87. The maximum absolute atomic E-state index is 12.3. The number of nitrogens with one attached hydrogen (secondary N) is 1. The summed E-state index contributed by atoms with van der Waals surface area (Å²) in [7, 11) is 3.18. The third-order valence-corrected chi connectivity index (χ3v) is 3.30. The molecule has 2 amide bonds. The van der Waals surface area contributed by atoms with E-state index in [1.165, 1.54) is 4.90 Å². The van der Waals surface area contributed by atoms with E-state index in [2.05, 4.69) is 5.32 Å². The number of nitrogens with two attached hydrogens (primary N) is 1. The molecule has 6 nitrogen and oxygen atoms in total. The smallest absolute Gasteiger partial charge is 0.239 e. The van der Waals surface area contributed by atoms with E-state index < -0.39 is 5.41 Å². The Labute approximate surface area is 101 Å². The fourth-order valence-corrected chi connectivity index (χ4v) is 2.04. The molecule has 0 saturated carbocycles. The Bertz CT molecular complexity index is 288. The number of hydrogen-bond acceptors (Lipinski definition) is 4. The Balaban J connectivity index is 2.67. The van der Waals surface area contributed by atoms with Gasteiger partial charge in [0.1, 0.15) is 0 Å². The average molecular weight is 243 g/mol. The molecule has 0 bridgehead atoms. The minimum Gasteiger partial charge on any atom is -0.381 e. The molecule has 1 rings (SSSR count). The monoisotopic (exact) mass is 243 g/mol. The van der Waals surface area contributed by atoms with Crippen LogP contribution in [0.5, 0.6) is 0 Å². The Kier molecular flexibility index (Phi) is 4.89. The molecule has 0 atom stereocenters.